The molecule has 0 radical (unpaired) electrons. The minimum absolute atomic E-state index is 0.122. The van der Waals surface area contributed by atoms with E-state index in [9.17, 15) is 9.59 Å². The van der Waals surface area contributed by atoms with Gasteiger partial charge in [0, 0.05) is 13.1 Å². The Labute approximate surface area is 167 Å². The molecule has 27 heavy (non-hydrogen) atoms. The van der Waals surface area contributed by atoms with Gasteiger partial charge in [-0.05, 0) is 30.2 Å². The summed E-state index contributed by atoms with van der Waals surface area (Å²) >= 11 is 12.1. The molecule has 0 saturated carbocycles. The summed E-state index contributed by atoms with van der Waals surface area (Å²) in [6.07, 6.45) is 0.987. The molecule has 0 spiro atoms. The molecule has 5 rings (SSSR count). The lowest BCUT2D eigenvalue weighted by Gasteiger charge is -2.29. The molecule has 2 aromatic carbocycles. The lowest BCUT2D eigenvalue weighted by Crippen LogP contribution is -2.44. The summed E-state index contributed by atoms with van der Waals surface area (Å²) in [5, 5.41) is 5.01. The van der Waals surface area contributed by atoms with E-state index in [4.69, 9.17) is 23.2 Å². The number of rotatable bonds is 2. The largest absolute Gasteiger partial charge is 0.274 e. The molecule has 0 unspecified atom stereocenters. The molecule has 3 aliphatic rings. The normalized spacial score (nSPS) is 28.1. The monoisotopic (exact) mass is 401 g/mol. The highest BCUT2D eigenvalue weighted by Gasteiger charge is 2.62. The number of fused-ring (bicyclic) bond motifs is 3. The van der Waals surface area contributed by atoms with Gasteiger partial charge in [-0.3, -0.25) is 9.59 Å². The molecule has 3 fully saturated rings. The second kappa shape index (κ2) is 6.31. The van der Waals surface area contributed by atoms with Crippen LogP contribution in [0, 0.1) is 5.92 Å². The Kier molecular flexibility index (Phi) is 4.02. The highest BCUT2D eigenvalue weighted by molar-refractivity contribution is 6.42. The van der Waals surface area contributed by atoms with Gasteiger partial charge in [-0.1, -0.05) is 53.5 Å². The van der Waals surface area contributed by atoms with Crippen LogP contribution in [0.2, 0.25) is 10.0 Å². The Morgan fingerprint density at radius 3 is 2.22 bits per heavy atom. The zero-order chi connectivity index (χ0) is 18.7. The summed E-state index contributed by atoms with van der Waals surface area (Å²) in [4.78, 5) is 27.9. The van der Waals surface area contributed by atoms with E-state index in [-0.39, 0.29) is 17.9 Å². The van der Waals surface area contributed by atoms with E-state index in [1.807, 2.05) is 30.3 Å². The van der Waals surface area contributed by atoms with Crippen molar-refractivity contribution in [2.75, 3.05) is 18.0 Å². The van der Waals surface area contributed by atoms with E-state index in [2.05, 4.69) is 10.0 Å². The molecule has 3 atom stereocenters. The molecule has 0 aliphatic carbocycles. The van der Waals surface area contributed by atoms with Gasteiger partial charge in [-0.25, -0.2) is 14.9 Å². The van der Waals surface area contributed by atoms with Crippen LogP contribution in [-0.2, 0) is 9.59 Å². The predicted molar refractivity (Wildman–Crippen MR) is 103 cm³/mol. The van der Waals surface area contributed by atoms with Gasteiger partial charge in [-0.15, -0.1) is 0 Å². The standard InChI is InChI=1S/C20H17Cl2N3O2/c21-14-8-7-13(11-15(14)22)25-19(26)16-17(12-5-2-1-3-6-12)23-9-4-10-24(23)18(16)20(25)27/h1-3,5-8,11,16-18H,4,9-10H2/t16-,17+,18-/m0/s1. The molecule has 138 valence electrons. The highest BCUT2D eigenvalue weighted by atomic mass is 35.5. The number of amides is 2. The molecule has 5 nitrogen and oxygen atoms in total. The van der Waals surface area contributed by atoms with Crippen LogP contribution in [0.3, 0.4) is 0 Å². The topological polar surface area (TPSA) is 43.9 Å². The van der Waals surface area contributed by atoms with Gasteiger partial charge >= 0.3 is 0 Å². The van der Waals surface area contributed by atoms with Crippen LogP contribution >= 0.6 is 23.2 Å². The van der Waals surface area contributed by atoms with Crippen molar-refractivity contribution >= 4 is 40.7 Å². The summed E-state index contributed by atoms with van der Waals surface area (Å²) in [6.45, 7) is 1.65. The quantitative estimate of drug-likeness (QED) is 0.721. The van der Waals surface area contributed by atoms with Crippen LogP contribution in [0.1, 0.15) is 18.0 Å². The first kappa shape index (κ1) is 17.2. The first-order chi connectivity index (χ1) is 13.1. The average molecular weight is 402 g/mol. The third-order valence-corrected chi connectivity index (χ3v) is 6.45. The third-order valence-electron chi connectivity index (χ3n) is 5.71. The molecule has 3 aliphatic heterocycles. The molecule has 7 heteroatoms. The summed E-state index contributed by atoms with van der Waals surface area (Å²) in [5.41, 5.74) is 1.54. The third kappa shape index (κ3) is 2.46. The summed E-state index contributed by atoms with van der Waals surface area (Å²) in [7, 11) is 0. The van der Waals surface area contributed by atoms with Crippen molar-refractivity contribution < 1.29 is 9.59 Å². The van der Waals surface area contributed by atoms with Gasteiger partial charge in [-0.2, -0.15) is 0 Å². The first-order valence-corrected chi connectivity index (χ1v) is 9.74. The van der Waals surface area contributed by atoms with Gasteiger partial charge in [0.25, 0.3) is 5.91 Å². The van der Waals surface area contributed by atoms with Crippen molar-refractivity contribution in [3.05, 3.63) is 64.1 Å². The Morgan fingerprint density at radius 1 is 0.815 bits per heavy atom. The van der Waals surface area contributed by atoms with Crippen molar-refractivity contribution in [3.8, 4) is 0 Å². The van der Waals surface area contributed by atoms with Gasteiger partial charge in [0.1, 0.15) is 6.04 Å². The van der Waals surface area contributed by atoms with Gasteiger partial charge in [0.05, 0.1) is 27.7 Å². The fourth-order valence-corrected chi connectivity index (χ4v) is 4.93. The van der Waals surface area contributed by atoms with E-state index in [1.165, 1.54) is 4.90 Å². The summed E-state index contributed by atoms with van der Waals surface area (Å²) < 4.78 is 0. The number of benzene rings is 2. The maximum atomic E-state index is 13.4. The minimum Gasteiger partial charge on any atom is -0.274 e. The van der Waals surface area contributed by atoms with E-state index in [1.54, 1.807) is 18.2 Å². The van der Waals surface area contributed by atoms with Crippen LogP contribution in [0.4, 0.5) is 5.69 Å². The van der Waals surface area contributed by atoms with Crippen LogP contribution in [-0.4, -0.2) is 41.0 Å². The summed E-state index contributed by atoms with van der Waals surface area (Å²) in [5.74, 6) is -0.782. The number of hydrazine groups is 1. The van der Waals surface area contributed by atoms with Crippen molar-refractivity contribution in [2.24, 2.45) is 5.92 Å². The van der Waals surface area contributed by atoms with E-state index < -0.39 is 12.0 Å². The molecular formula is C20H17Cl2N3O2. The van der Waals surface area contributed by atoms with Gasteiger partial charge in [0.2, 0.25) is 5.91 Å². The van der Waals surface area contributed by atoms with Crippen LogP contribution in [0.25, 0.3) is 0 Å². The zero-order valence-corrected chi connectivity index (χ0v) is 15.9. The Bertz CT molecular complexity index is 936. The lowest BCUT2D eigenvalue weighted by molar-refractivity contribution is -0.126. The molecule has 3 saturated heterocycles. The fraction of sp³-hybridized carbons (Fsp3) is 0.300. The molecule has 2 aromatic rings. The van der Waals surface area contributed by atoms with Crippen molar-refractivity contribution in [3.63, 3.8) is 0 Å². The van der Waals surface area contributed by atoms with E-state index >= 15 is 0 Å². The number of carbonyl (C=O) groups is 2. The lowest BCUT2D eigenvalue weighted by atomic mass is 9.90. The fourth-order valence-electron chi connectivity index (χ4n) is 4.64. The number of halogens is 2. The number of anilines is 1. The molecular weight excluding hydrogens is 385 g/mol. The number of nitrogens with zero attached hydrogens (tertiary/aromatic N) is 3. The number of imide groups is 1. The maximum absolute atomic E-state index is 13.4. The SMILES string of the molecule is O=C1[C@@H]2[C@@H](C(=O)N1c1ccc(Cl)c(Cl)c1)N1CCCN1[C@@H]2c1ccccc1. The predicted octanol–water partition coefficient (Wildman–Crippen LogP) is 3.53. The number of hydrogen-bond donors (Lipinski definition) is 0. The van der Waals surface area contributed by atoms with E-state index in [0.717, 1.165) is 25.1 Å². The van der Waals surface area contributed by atoms with Crippen LogP contribution in [0.5, 0.6) is 0 Å². The smallest absolute Gasteiger partial charge is 0.253 e. The Hall–Kier alpha value is -1.92. The second-order valence-electron chi connectivity index (χ2n) is 7.12. The highest BCUT2D eigenvalue weighted by Crippen LogP contribution is 2.49. The van der Waals surface area contributed by atoms with Gasteiger partial charge < -0.3 is 0 Å². The minimum atomic E-state index is -0.459. The number of carbonyl (C=O) groups excluding carboxylic acids is 2. The van der Waals surface area contributed by atoms with Crippen LogP contribution in [0.15, 0.2) is 48.5 Å². The second-order valence-corrected chi connectivity index (χ2v) is 7.93. The molecule has 0 bridgehead atoms. The van der Waals surface area contributed by atoms with Gasteiger partial charge in [0.15, 0.2) is 0 Å². The zero-order valence-electron chi connectivity index (χ0n) is 14.4. The van der Waals surface area contributed by atoms with E-state index in [0.29, 0.717) is 15.7 Å². The maximum Gasteiger partial charge on any atom is 0.253 e. The molecule has 2 amide bonds. The van der Waals surface area contributed by atoms with Crippen molar-refractivity contribution in [1.82, 2.24) is 10.0 Å². The molecule has 3 heterocycles. The van der Waals surface area contributed by atoms with Crippen molar-refractivity contribution in [2.45, 2.75) is 18.5 Å². The molecule has 0 N–H and O–H groups in total. The molecule has 0 aromatic heterocycles. The number of hydrogen-bond acceptors (Lipinski definition) is 4. The van der Waals surface area contributed by atoms with Crippen LogP contribution < -0.4 is 4.90 Å². The Morgan fingerprint density at radius 2 is 1.52 bits per heavy atom. The average Bonchev–Trinajstić information content (AvgIpc) is 3.31. The summed E-state index contributed by atoms with van der Waals surface area (Å²) in [6, 6.07) is 14.3. The first-order valence-electron chi connectivity index (χ1n) is 8.99. The van der Waals surface area contributed by atoms with Crippen molar-refractivity contribution in [1.29, 1.82) is 0 Å². The Balaban J connectivity index is 1.59.